The first kappa shape index (κ1) is 17.0. The van der Waals surface area contributed by atoms with E-state index in [9.17, 15) is 4.79 Å². The summed E-state index contributed by atoms with van der Waals surface area (Å²) in [6.07, 6.45) is 0.597. The molecule has 24 heavy (non-hydrogen) atoms. The molecule has 1 saturated heterocycles. The summed E-state index contributed by atoms with van der Waals surface area (Å²) >= 11 is 3.38. The maximum absolute atomic E-state index is 11.9. The maximum Gasteiger partial charge on any atom is 0.227 e. The van der Waals surface area contributed by atoms with Gasteiger partial charge in [0.05, 0.1) is 31.9 Å². The lowest BCUT2D eigenvalue weighted by atomic mass is 10.2. The van der Waals surface area contributed by atoms with E-state index >= 15 is 0 Å². The van der Waals surface area contributed by atoms with Gasteiger partial charge >= 0.3 is 0 Å². The van der Waals surface area contributed by atoms with Gasteiger partial charge in [-0.25, -0.2) is 0 Å². The average Bonchev–Trinajstić information content (AvgIpc) is 2.62. The molecule has 4 nitrogen and oxygen atoms in total. The van der Waals surface area contributed by atoms with Gasteiger partial charge in [-0.05, 0) is 48.5 Å². The molecule has 2 aromatic carbocycles. The molecule has 6 heteroatoms. The quantitative estimate of drug-likeness (QED) is 0.548. The maximum atomic E-state index is 11.9. The van der Waals surface area contributed by atoms with Crippen LogP contribution >= 0.6 is 23.5 Å². The standard InChI is InChI=1S/C18H19NO3S2/c1-21-13-3-7-15(8-4-13)23-12-19-17(20)11-18(19)24-16-9-5-14(22-2)6-10-16/h3-10,18H,11-12H2,1-2H3. The van der Waals surface area contributed by atoms with Crippen LogP contribution in [0.25, 0.3) is 0 Å². The third-order valence-corrected chi connectivity index (χ3v) is 6.03. The largest absolute Gasteiger partial charge is 0.497 e. The fourth-order valence-electron chi connectivity index (χ4n) is 2.31. The van der Waals surface area contributed by atoms with Crippen LogP contribution in [-0.2, 0) is 4.79 Å². The summed E-state index contributed by atoms with van der Waals surface area (Å²) in [4.78, 5) is 16.1. The highest BCUT2D eigenvalue weighted by Crippen LogP contribution is 2.37. The number of rotatable bonds is 7. The summed E-state index contributed by atoms with van der Waals surface area (Å²) in [5.41, 5.74) is 0. The number of carbonyl (C=O) groups excluding carboxylic acids is 1. The monoisotopic (exact) mass is 361 g/mol. The second-order valence-corrected chi connectivity index (χ2v) is 7.53. The number of amides is 1. The Bertz CT molecular complexity index is 688. The fourth-order valence-corrected chi connectivity index (χ4v) is 4.50. The number of benzene rings is 2. The molecule has 0 spiro atoms. The number of hydrogen-bond donors (Lipinski definition) is 0. The van der Waals surface area contributed by atoms with Crippen LogP contribution in [0.5, 0.6) is 11.5 Å². The summed E-state index contributed by atoms with van der Waals surface area (Å²) in [7, 11) is 3.31. The van der Waals surface area contributed by atoms with Crippen molar-refractivity contribution < 1.29 is 14.3 Å². The zero-order valence-corrected chi connectivity index (χ0v) is 15.2. The van der Waals surface area contributed by atoms with Gasteiger partial charge < -0.3 is 14.4 Å². The number of β-lactam (4-membered cyclic amide) rings is 1. The van der Waals surface area contributed by atoms with Crippen molar-refractivity contribution in [2.75, 3.05) is 20.1 Å². The van der Waals surface area contributed by atoms with Crippen LogP contribution in [0.4, 0.5) is 0 Å². The predicted octanol–water partition coefficient (Wildman–Crippen LogP) is 4.10. The highest BCUT2D eigenvalue weighted by atomic mass is 32.2. The van der Waals surface area contributed by atoms with E-state index < -0.39 is 0 Å². The van der Waals surface area contributed by atoms with Crippen molar-refractivity contribution in [1.82, 2.24) is 4.90 Å². The Morgan fingerprint density at radius 2 is 1.50 bits per heavy atom. The van der Waals surface area contributed by atoms with E-state index in [-0.39, 0.29) is 11.3 Å². The molecule has 3 rings (SSSR count). The Labute approximate surface area is 150 Å². The van der Waals surface area contributed by atoms with Gasteiger partial charge in [-0.3, -0.25) is 4.79 Å². The normalized spacial score (nSPS) is 16.7. The number of carbonyl (C=O) groups is 1. The molecule has 1 fully saturated rings. The van der Waals surface area contributed by atoms with Gasteiger partial charge in [-0.2, -0.15) is 0 Å². The SMILES string of the molecule is COc1ccc(SCN2C(=O)CC2Sc2ccc(OC)cc2)cc1. The van der Waals surface area contributed by atoms with Crippen molar-refractivity contribution in [3.8, 4) is 11.5 Å². The van der Waals surface area contributed by atoms with Crippen molar-refractivity contribution in [2.24, 2.45) is 0 Å². The smallest absolute Gasteiger partial charge is 0.227 e. The number of ether oxygens (including phenoxy) is 2. The minimum absolute atomic E-state index is 0.205. The van der Waals surface area contributed by atoms with Crippen molar-refractivity contribution in [2.45, 2.75) is 21.6 Å². The Balaban J connectivity index is 1.54. The van der Waals surface area contributed by atoms with Crippen molar-refractivity contribution in [1.29, 1.82) is 0 Å². The second-order valence-electron chi connectivity index (χ2n) is 5.26. The van der Waals surface area contributed by atoms with Crippen LogP contribution in [0.1, 0.15) is 6.42 Å². The molecular formula is C18H19NO3S2. The number of nitrogens with zero attached hydrogens (tertiary/aromatic N) is 1. The second kappa shape index (κ2) is 7.85. The lowest BCUT2D eigenvalue weighted by Crippen LogP contribution is -2.50. The van der Waals surface area contributed by atoms with E-state index in [1.54, 1.807) is 37.7 Å². The molecule has 1 heterocycles. The Morgan fingerprint density at radius 3 is 2.00 bits per heavy atom. The molecule has 0 aromatic heterocycles. The predicted molar refractivity (Wildman–Crippen MR) is 97.8 cm³/mol. The molecule has 2 aromatic rings. The third kappa shape index (κ3) is 3.99. The van der Waals surface area contributed by atoms with Crippen molar-refractivity contribution >= 4 is 29.4 Å². The van der Waals surface area contributed by atoms with E-state index in [0.29, 0.717) is 12.3 Å². The Hall–Kier alpha value is -1.79. The molecule has 1 aliphatic rings. The lowest BCUT2D eigenvalue weighted by molar-refractivity contribution is -0.139. The minimum Gasteiger partial charge on any atom is -0.497 e. The molecule has 1 atom stereocenters. The third-order valence-electron chi connectivity index (χ3n) is 3.78. The minimum atomic E-state index is 0.205. The fraction of sp³-hybridized carbons (Fsp3) is 0.278. The van der Waals surface area contributed by atoms with Gasteiger partial charge in [-0.1, -0.05) is 0 Å². The molecule has 0 bridgehead atoms. The zero-order valence-electron chi connectivity index (χ0n) is 13.6. The number of likely N-dealkylation sites (tertiary alicyclic amines) is 1. The molecule has 1 aliphatic heterocycles. The van der Waals surface area contributed by atoms with Crippen LogP contribution in [0, 0.1) is 0 Å². The van der Waals surface area contributed by atoms with Gasteiger partial charge in [0.2, 0.25) is 5.91 Å². The van der Waals surface area contributed by atoms with E-state index in [4.69, 9.17) is 9.47 Å². The molecule has 0 radical (unpaired) electrons. The summed E-state index contributed by atoms with van der Waals surface area (Å²) < 4.78 is 10.3. The summed E-state index contributed by atoms with van der Waals surface area (Å²) in [6.45, 7) is 0. The molecule has 0 saturated carbocycles. The molecular weight excluding hydrogens is 342 g/mol. The van der Waals surface area contributed by atoms with Crippen LogP contribution in [0.2, 0.25) is 0 Å². The van der Waals surface area contributed by atoms with Gasteiger partial charge in [0.15, 0.2) is 0 Å². The molecule has 0 aliphatic carbocycles. The van der Waals surface area contributed by atoms with E-state index in [1.165, 1.54) is 0 Å². The molecule has 126 valence electrons. The first-order valence-corrected chi connectivity index (χ1v) is 9.43. The first-order valence-electron chi connectivity index (χ1n) is 7.56. The summed E-state index contributed by atoms with van der Waals surface area (Å²) in [5, 5.41) is 0.205. The van der Waals surface area contributed by atoms with Crippen LogP contribution in [0.3, 0.4) is 0 Å². The van der Waals surface area contributed by atoms with Gasteiger partial charge in [-0.15, -0.1) is 23.5 Å². The number of thioether (sulfide) groups is 2. The molecule has 1 unspecified atom stereocenters. The average molecular weight is 361 g/mol. The van der Waals surface area contributed by atoms with E-state index in [0.717, 1.165) is 21.3 Å². The van der Waals surface area contributed by atoms with Gasteiger partial charge in [0.1, 0.15) is 11.5 Å². The topological polar surface area (TPSA) is 38.8 Å². The van der Waals surface area contributed by atoms with E-state index in [2.05, 4.69) is 0 Å². The van der Waals surface area contributed by atoms with Crippen molar-refractivity contribution in [3.05, 3.63) is 48.5 Å². The highest BCUT2D eigenvalue weighted by Gasteiger charge is 2.36. The van der Waals surface area contributed by atoms with Crippen LogP contribution in [0.15, 0.2) is 58.3 Å². The Kier molecular flexibility index (Phi) is 5.58. The number of methoxy groups -OCH3 is 2. The van der Waals surface area contributed by atoms with Crippen LogP contribution in [-0.4, -0.2) is 36.3 Å². The van der Waals surface area contributed by atoms with Gasteiger partial charge in [0, 0.05) is 9.79 Å². The lowest BCUT2D eigenvalue weighted by Gasteiger charge is -2.39. The molecule has 1 amide bonds. The molecule has 0 N–H and O–H groups in total. The summed E-state index contributed by atoms with van der Waals surface area (Å²) in [5.74, 6) is 2.56. The first-order chi connectivity index (χ1) is 11.7. The highest BCUT2D eigenvalue weighted by molar-refractivity contribution is 8.00. The Morgan fingerprint density at radius 1 is 0.958 bits per heavy atom. The zero-order chi connectivity index (χ0) is 16.9. The summed E-state index contributed by atoms with van der Waals surface area (Å²) in [6, 6.07) is 15.8. The van der Waals surface area contributed by atoms with Crippen molar-refractivity contribution in [3.63, 3.8) is 0 Å². The van der Waals surface area contributed by atoms with E-state index in [1.807, 2.05) is 53.4 Å². The number of hydrogen-bond acceptors (Lipinski definition) is 5. The van der Waals surface area contributed by atoms with Crippen LogP contribution < -0.4 is 9.47 Å². The van der Waals surface area contributed by atoms with Gasteiger partial charge in [0.25, 0.3) is 0 Å².